The summed E-state index contributed by atoms with van der Waals surface area (Å²) in [6, 6.07) is -0.0292. The molecule has 0 aromatic heterocycles. The first-order chi connectivity index (χ1) is 20.3. The van der Waals surface area contributed by atoms with Gasteiger partial charge in [0, 0.05) is 34.7 Å². The normalized spacial score (nSPS) is 29.8. The van der Waals surface area contributed by atoms with Crippen molar-refractivity contribution in [1.82, 2.24) is 16.0 Å². The van der Waals surface area contributed by atoms with Crippen molar-refractivity contribution >= 4 is 76.6 Å². The van der Waals surface area contributed by atoms with Gasteiger partial charge in [-0.15, -0.1) is 0 Å². The standard InChI is InChI=1S/C20H39BN3O14P3S3/c1-20(2,10-22-17(25)6-4-3-5-15-18-12(9-42-15)23-19(26)24-18)44-43-11-34-13-7-16(21)36-14(13)8-35-40(30,31)38-41(32,33)37-39(27,28)29/h12-16,18H,3-11,21H2,1-2H3,(H,22,25)(H,30,31)(H,32,33)(H2,23,24,26)(H2,27,28,29)/t12?,13-,14-,15?,16-,18?/m1/s1. The van der Waals surface area contributed by atoms with Crippen LogP contribution in [0.25, 0.3) is 0 Å². The largest absolute Gasteiger partial charge is 0.490 e. The van der Waals surface area contributed by atoms with Crippen molar-refractivity contribution in [2.75, 3.05) is 24.8 Å². The highest BCUT2D eigenvalue weighted by molar-refractivity contribution is 8.77. The fraction of sp³-hybridized carbons (Fsp3) is 0.900. The minimum absolute atomic E-state index is 0.0244. The van der Waals surface area contributed by atoms with Crippen molar-refractivity contribution in [3.63, 3.8) is 0 Å². The lowest BCUT2D eigenvalue weighted by molar-refractivity contribution is -0.121. The number of ether oxygens (including phenoxy) is 2. The molecule has 3 aliphatic rings. The van der Waals surface area contributed by atoms with Crippen molar-refractivity contribution in [1.29, 1.82) is 0 Å². The molecule has 7 N–H and O–H groups in total. The van der Waals surface area contributed by atoms with Gasteiger partial charge in [-0.3, -0.25) is 9.32 Å². The van der Waals surface area contributed by atoms with Crippen LogP contribution in [0.2, 0.25) is 0 Å². The summed E-state index contributed by atoms with van der Waals surface area (Å²) in [7, 11) is -11.7. The second-order valence-corrected chi connectivity index (χ2v) is 19.7. The Morgan fingerprint density at radius 1 is 1.16 bits per heavy atom. The van der Waals surface area contributed by atoms with E-state index in [2.05, 4.69) is 29.1 Å². The molecule has 8 atom stereocenters. The van der Waals surface area contributed by atoms with E-state index in [1.165, 1.54) is 21.6 Å². The van der Waals surface area contributed by atoms with Gasteiger partial charge in [-0.2, -0.15) is 20.4 Å². The second kappa shape index (κ2) is 16.5. The number of phosphoric acid groups is 3. The second-order valence-electron chi connectivity index (χ2n) is 11.0. The van der Waals surface area contributed by atoms with E-state index in [0.29, 0.717) is 24.6 Å². The maximum absolute atomic E-state index is 12.4. The molecule has 0 aliphatic carbocycles. The topological polar surface area (TPSA) is 249 Å². The summed E-state index contributed by atoms with van der Waals surface area (Å²) in [5.41, 5.74) is 0. The molecule has 3 aliphatic heterocycles. The van der Waals surface area contributed by atoms with Crippen LogP contribution in [0.15, 0.2) is 0 Å². The van der Waals surface area contributed by atoms with Crippen LogP contribution in [0.4, 0.5) is 4.79 Å². The summed E-state index contributed by atoms with van der Waals surface area (Å²) < 4.78 is 57.5. The molecule has 0 aromatic carbocycles. The molecule has 0 spiro atoms. The van der Waals surface area contributed by atoms with E-state index in [1.807, 2.05) is 25.6 Å². The van der Waals surface area contributed by atoms with Crippen molar-refractivity contribution in [3.05, 3.63) is 0 Å². The number of thioether (sulfide) groups is 1. The minimum Gasteiger partial charge on any atom is -0.379 e. The Balaban J connectivity index is 1.29. The fourth-order valence-corrected chi connectivity index (χ4v) is 11.5. The molecule has 17 nitrogen and oxygen atoms in total. The zero-order valence-electron chi connectivity index (χ0n) is 24.3. The van der Waals surface area contributed by atoms with E-state index in [9.17, 15) is 33.1 Å². The molecule has 3 fully saturated rings. The molecule has 3 saturated heterocycles. The van der Waals surface area contributed by atoms with Crippen molar-refractivity contribution in [2.24, 2.45) is 0 Å². The molecule has 3 heterocycles. The average Bonchev–Trinajstić information content (AvgIpc) is 3.53. The number of nitrogens with one attached hydrogen (secondary N) is 3. The third kappa shape index (κ3) is 13.7. The third-order valence-electron chi connectivity index (χ3n) is 6.61. The first-order valence-electron chi connectivity index (χ1n) is 13.6. The Hall–Kier alpha value is 0.185. The van der Waals surface area contributed by atoms with E-state index in [1.54, 1.807) is 7.85 Å². The summed E-state index contributed by atoms with van der Waals surface area (Å²) in [6.07, 6.45) is 2.08. The van der Waals surface area contributed by atoms with Gasteiger partial charge in [-0.1, -0.05) is 28.0 Å². The smallest absolute Gasteiger partial charge is 0.379 e. The first kappa shape index (κ1) is 38.6. The summed E-state index contributed by atoms with van der Waals surface area (Å²) in [4.78, 5) is 60.1. The van der Waals surface area contributed by atoms with Crippen LogP contribution in [-0.4, -0.2) is 104 Å². The number of hydrogen-bond donors (Lipinski definition) is 7. The number of rotatable bonds is 19. The number of unbranched alkanes of at least 4 members (excludes halogenated alkanes) is 1. The van der Waals surface area contributed by atoms with E-state index in [4.69, 9.17) is 19.3 Å². The summed E-state index contributed by atoms with van der Waals surface area (Å²) in [5.74, 6) is 1.10. The van der Waals surface area contributed by atoms with E-state index in [-0.39, 0.29) is 40.7 Å². The fourth-order valence-electron chi connectivity index (χ4n) is 4.72. The number of amides is 3. The summed E-state index contributed by atoms with van der Waals surface area (Å²) in [5, 5.41) is 9.25. The Morgan fingerprint density at radius 2 is 1.89 bits per heavy atom. The Kier molecular flexibility index (Phi) is 14.5. The predicted molar refractivity (Wildman–Crippen MR) is 168 cm³/mol. The highest BCUT2D eigenvalue weighted by atomic mass is 33.1. The Bertz CT molecular complexity index is 1160. The van der Waals surface area contributed by atoms with Gasteiger partial charge < -0.3 is 45.0 Å². The van der Waals surface area contributed by atoms with E-state index >= 15 is 0 Å². The lowest BCUT2D eigenvalue weighted by Gasteiger charge is -2.25. The van der Waals surface area contributed by atoms with Crippen LogP contribution < -0.4 is 16.0 Å². The molecule has 24 heteroatoms. The van der Waals surface area contributed by atoms with Crippen molar-refractivity contribution < 1.29 is 65.5 Å². The van der Waals surface area contributed by atoms with Crippen molar-refractivity contribution in [3.8, 4) is 0 Å². The molecule has 0 bridgehead atoms. The number of phosphoric ester groups is 1. The van der Waals surface area contributed by atoms with Gasteiger partial charge in [0.1, 0.15) is 19.9 Å². The Morgan fingerprint density at radius 3 is 2.59 bits per heavy atom. The van der Waals surface area contributed by atoms with Crippen molar-refractivity contribution in [2.45, 2.75) is 86.2 Å². The van der Waals surface area contributed by atoms with E-state index in [0.717, 1.165) is 25.0 Å². The van der Waals surface area contributed by atoms with Gasteiger partial charge in [0.15, 0.2) is 0 Å². The summed E-state index contributed by atoms with van der Waals surface area (Å²) in [6.45, 7) is 3.82. The number of hydrogen-bond acceptors (Lipinski definition) is 13. The molecule has 3 rings (SSSR count). The molecule has 0 radical (unpaired) electrons. The minimum atomic E-state index is -5.61. The molecule has 0 saturated carbocycles. The predicted octanol–water partition coefficient (Wildman–Crippen LogP) is 1.42. The van der Waals surface area contributed by atoms with Crippen LogP contribution in [0.3, 0.4) is 0 Å². The molecule has 254 valence electrons. The molecule has 3 amide bonds. The van der Waals surface area contributed by atoms with Crippen LogP contribution in [0, 0.1) is 0 Å². The molecule has 44 heavy (non-hydrogen) atoms. The zero-order chi connectivity index (χ0) is 32.8. The zero-order valence-corrected chi connectivity index (χ0v) is 29.4. The van der Waals surface area contributed by atoms with Crippen LogP contribution in [-0.2, 0) is 41.1 Å². The van der Waals surface area contributed by atoms with Crippen LogP contribution in [0.5, 0.6) is 0 Å². The monoisotopic (exact) mass is 745 g/mol. The summed E-state index contributed by atoms with van der Waals surface area (Å²) >= 11 is 1.86. The lowest BCUT2D eigenvalue weighted by atomic mass is 9.96. The third-order valence-corrected chi connectivity index (χ3v) is 14.9. The van der Waals surface area contributed by atoms with Gasteiger partial charge in [-0.05, 0) is 33.1 Å². The maximum atomic E-state index is 12.4. The molecule has 0 aromatic rings. The van der Waals surface area contributed by atoms with Gasteiger partial charge in [0.05, 0.1) is 24.8 Å². The number of carbonyl (C=O) groups is 2. The lowest BCUT2D eigenvalue weighted by Crippen LogP contribution is -2.37. The SMILES string of the molecule is B[C@H]1C[C@@H](OCSSC(C)(C)CNC(=O)CCCCC2SCC3NC(=O)NC32)[C@@H](COP(=O)(O)OP(=O)(O)OP(=O)(O)O)O1. The van der Waals surface area contributed by atoms with Crippen LogP contribution >= 0.6 is 56.8 Å². The highest BCUT2D eigenvalue weighted by Crippen LogP contribution is 2.66. The van der Waals surface area contributed by atoms with Gasteiger partial charge in [0.2, 0.25) is 5.91 Å². The van der Waals surface area contributed by atoms with Gasteiger partial charge >= 0.3 is 29.5 Å². The average molecular weight is 745 g/mol. The first-order valence-corrected chi connectivity index (χ1v) is 21.5. The quantitative estimate of drug-likeness (QED) is 0.0247. The number of fused-ring (bicyclic) bond motifs is 1. The number of carbonyl (C=O) groups excluding carboxylic acids is 2. The molecular weight excluding hydrogens is 706 g/mol. The van der Waals surface area contributed by atoms with Gasteiger partial charge in [0.25, 0.3) is 0 Å². The molecular formula is C20H39BN3O14P3S3. The Labute approximate surface area is 268 Å². The highest BCUT2D eigenvalue weighted by Gasteiger charge is 2.43. The maximum Gasteiger partial charge on any atom is 0.490 e. The van der Waals surface area contributed by atoms with Crippen LogP contribution in [0.1, 0.15) is 46.0 Å². The van der Waals surface area contributed by atoms with E-state index < -0.39 is 42.3 Å². The molecule has 5 unspecified atom stereocenters. The van der Waals surface area contributed by atoms with Gasteiger partial charge in [-0.25, -0.2) is 18.5 Å². The number of urea groups is 1.